The second kappa shape index (κ2) is 5.71. The van der Waals surface area contributed by atoms with Crippen molar-refractivity contribution in [2.75, 3.05) is 27.4 Å². The van der Waals surface area contributed by atoms with Gasteiger partial charge in [-0.05, 0) is 13.5 Å². The highest BCUT2D eigenvalue weighted by Crippen LogP contribution is 2.10. The molecule has 68 valence electrons. The monoisotopic (exact) mass is 178 g/mol. The first-order chi connectivity index (χ1) is 5.18. The van der Waals surface area contributed by atoms with E-state index in [9.17, 15) is 0 Å². The van der Waals surface area contributed by atoms with E-state index in [4.69, 9.17) is 13.6 Å². The van der Waals surface area contributed by atoms with Crippen LogP contribution < -0.4 is 0 Å². The average molecular weight is 178 g/mol. The number of rotatable bonds is 6. The summed E-state index contributed by atoms with van der Waals surface area (Å²) in [4.78, 5) is 0. The van der Waals surface area contributed by atoms with Gasteiger partial charge in [0, 0.05) is 33.5 Å². The summed E-state index contributed by atoms with van der Waals surface area (Å²) >= 11 is 0. The lowest BCUT2D eigenvalue weighted by Gasteiger charge is -2.22. The molecule has 0 bridgehead atoms. The molecule has 11 heavy (non-hydrogen) atoms. The van der Waals surface area contributed by atoms with E-state index >= 15 is 0 Å². The van der Waals surface area contributed by atoms with E-state index in [0.717, 1.165) is 19.3 Å². The van der Waals surface area contributed by atoms with Crippen LogP contribution in [0.2, 0.25) is 12.6 Å². The van der Waals surface area contributed by atoms with E-state index < -0.39 is 8.56 Å². The van der Waals surface area contributed by atoms with Crippen molar-refractivity contribution in [2.45, 2.75) is 19.5 Å². The van der Waals surface area contributed by atoms with Crippen molar-refractivity contribution in [3.8, 4) is 0 Å². The zero-order chi connectivity index (χ0) is 8.74. The normalized spacial score (nSPS) is 12.0. The van der Waals surface area contributed by atoms with Gasteiger partial charge in [-0.15, -0.1) is 0 Å². The molecule has 0 heterocycles. The third-order valence-electron chi connectivity index (χ3n) is 1.77. The average Bonchev–Trinajstić information content (AvgIpc) is 2.05. The molecule has 0 rings (SSSR count). The Morgan fingerprint density at radius 2 is 1.73 bits per heavy atom. The molecule has 0 aromatic carbocycles. The fraction of sp³-hybridized carbons (Fsp3) is 1.00. The second-order valence-electron chi connectivity index (χ2n) is 2.49. The summed E-state index contributed by atoms with van der Waals surface area (Å²) < 4.78 is 15.7. The highest BCUT2D eigenvalue weighted by atomic mass is 28.4. The lowest BCUT2D eigenvalue weighted by atomic mass is 10.8. The van der Waals surface area contributed by atoms with Gasteiger partial charge in [0.25, 0.3) is 0 Å². The number of hydrogen-bond acceptors (Lipinski definition) is 3. The molecule has 0 fully saturated rings. The summed E-state index contributed by atoms with van der Waals surface area (Å²) in [5.41, 5.74) is 0. The molecule has 0 atom stereocenters. The zero-order valence-electron chi connectivity index (χ0n) is 7.85. The first-order valence-electron chi connectivity index (χ1n) is 3.86. The van der Waals surface area contributed by atoms with Gasteiger partial charge in [0.05, 0.1) is 0 Å². The Labute approximate surface area is 69.9 Å². The molecule has 0 aromatic heterocycles. The van der Waals surface area contributed by atoms with E-state index in [1.165, 1.54) is 0 Å². The predicted octanol–water partition coefficient (Wildman–Crippen LogP) is 1.39. The van der Waals surface area contributed by atoms with Crippen LogP contribution in [0.4, 0.5) is 0 Å². The van der Waals surface area contributed by atoms with Gasteiger partial charge in [0.1, 0.15) is 0 Å². The predicted molar refractivity (Wildman–Crippen MR) is 46.9 cm³/mol. The lowest BCUT2D eigenvalue weighted by molar-refractivity contribution is 0.148. The van der Waals surface area contributed by atoms with Crippen LogP contribution in [0.15, 0.2) is 0 Å². The first kappa shape index (κ1) is 11.1. The molecule has 0 aromatic rings. The molecule has 0 aliphatic carbocycles. The number of ether oxygens (including phenoxy) is 1. The summed E-state index contributed by atoms with van der Waals surface area (Å²) in [5.74, 6) is 0. The Morgan fingerprint density at radius 3 is 2.09 bits per heavy atom. The van der Waals surface area contributed by atoms with E-state index in [2.05, 4.69) is 0 Å². The van der Waals surface area contributed by atoms with Gasteiger partial charge >= 0.3 is 8.56 Å². The summed E-state index contributed by atoms with van der Waals surface area (Å²) in [6.45, 7) is 5.52. The van der Waals surface area contributed by atoms with Gasteiger partial charge in [-0.2, -0.15) is 0 Å². The van der Waals surface area contributed by atoms with Crippen molar-refractivity contribution in [3.63, 3.8) is 0 Å². The summed E-state index contributed by atoms with van der Waals surface area (Å²) in [6, 6.07) is 0.897. The van der Waals surface area contributed by atoms with Crippen molar-refractivity contribution in [3.05, 3.63) is 0 Å². The van der Waals surface area contributed by atoms with Crippen molar-refractivity contribution < 1.29 is 13.6 Å². The van der Waals surface area contributed by atoms with E-state index in [0.29, 0.717) is 0 Å². The Morgan fingerprint density at radius 1 is 1.18 bits per heavy atom. The van der Waals surface area contributed by atoms with Gasteiger partial charge in [-0.3, -0.25) is 0 Å². The van der Waals surface area contributed by atoms with Crippen LogP contribution in [0.5, 0.6) is 0 Å². The Balaban J connectivity index is 3.51. The van der Waals surface area contributed by atoms with Crippen LogP contribution >= 0.6 is 0 Å². The van der Waals surface area contributed by atoms with Crippen LogP contribution in [-0.4, -0.2) is 36.0 Å². The van der Waals surface area contributed by atoms with Crippen molar-refractivity contribution in [2.24, 2.45) is 0 Å². The highest BCUT2D eigenvalue weighted by molar-refractivity contribution is 6.65. The van der Waals surface area contributed by atoms with Gasteiger partial charge < -0.3 is 13.6 Å². The summed E-state index contributed by atoms with van der Waals surface area (Å²) in [7, 11) is 1.53. The molecular formula is C7H18O3Si. The molecule has 0 aliphatic rings. The smallest absolute Gasteiger partial charge is 0.336 e. The molecule has 0 aliphatic heterocycles. The van der Waals surface area contributed by atoms with Crippen molar-refractivity contribution in [1.82, 2.24) is 0 Å². The van der Waals surface area contributed by atoms with Gasteiger partial charge in [0.2, 0.25) is 0 Å². The minimum absolute atomic E-state index is 0.737. The zero-order valence-corrected chi connectivity index (χ0v) is 8.85. The lowest BCUT2D eigenvalue weighted by Crippen LogP contribution is -2.37. The maximum Gasteiger partial charge on any atom is 0.336 e. The molecule has 0 saturated heterocycles. The van der Waals surface area contributed by atoms with Gasteiger partial charge in [0.15, 0.2) is 0 Å². The third kappa shape index (κ3) is 4.52. The topological polar surface area (TPSA) is 27.7 Å². The molecule has 4 heteroatoms. The highest BCUT2D eigenvalue weighted by Gasteiger charge is 2.27. The van der Waals surface area contributed by atoms with Crippen LogP contribution in [-0.2, 0) is 13.6 Å². The van der Waals surface area contributed by atoms with Gasteiger partial charge in [-0.25, -0.2) is 0 Å². The van der Waals surface area contributed by atoms with E-state index in [-0.39, 0.29) is 0 Å². The second-order valence-corrected chi connectivity index (χ2v) is 6.07. The largest absolute Gasteiger partial charge is 0.398 e. The van der Waals surface area contributed by atoms with Gasteiger partial charge in [-0.1, -0.05) is 0 Å². The van der Waals surface area contributed by atoms with Crippen molar-refractivity contribution >= 4 is 8.56 Å². The maximum atomic E-state index is 5.27. The molecule has 0 amide bonds. The Hall–Kier alpha value is 0.0969. The fourth-order valence-corrected chi connectivity index (χ4v) is 1.78. The standard InChI is InChI=1S/C7H18O3Si/c1-5-10-6-7-11(4,8-2)9-3/h5-7H2,1-4H3. The van der Waals surface area contributed by atoms with E-state index in [1.54, 1.807) is 14.2 Å². The first-order valence-corrected chi connectivity index (χ1v) is 6.39. The van der Waals surface area contributed by atoms with E-state index in [1.807, 2.05) is 13.5 Å². The molecule has 0 saturated carbocycles. The third-order valence-corrected chi connectivity index (χ3v) is 4.61. The van der Waals surface area contributed by atoms with Crippen molar-refractivity contribution in [1.29, 1.82) is 0 Å². The quantitative estimate of drug-likeness (QED) is 0.454. The summed E-state index contributed by atoms with van der Waals surface area (Å²) in [5, 5.41) is 0. The van der Waals surface area contributed by atoms with Crippen LogP contribution in [0, 0.1) is 0 Å². The minimum Gasteiger partial charge on any atom is -0.398 e. The minimum atomic E-state index is -1.86. The maximum absolute atomic E-state index is 5.27. The van der Waals surface area contributed by atoms with Crippen LogP contribution in [0.3, 0.4) is 0 Å². The molecule has 0 unspecified atom stereocenters. The SMILES string of the molecule is CCOCC[Si](C)(OC)OC. The molecule has 3 nitrogen and oxygen atoms in total. The number of hydrogen-bond donors (Lipinski definition) is 0. The molecular weight excluding hydrogens is 160 g/mol. The van der Waals surface area contributed by atoms with Crippen LogP contribution in [0.1, 0.15) is 6.92 Å². The fourth-order valence-electron chi connectivity index (χ4n) is 0.689. The van der Waals surface area contributed by atoms with Crippen LogP contribution in [0.25, 0.3) is 0 Å². The molecule has 0 spiro atoms. The Kier molecular flexibility index (Phi) is 5.76. The molecule has 0 N–H and O–H groups in total. The summed E-state index contributed by atoms with van der Waals surface area (Å²) in [6.07, 6.45) is 0. The Bertz CT molecular complexity index is 93.7. The molecule has 0 radical (unpaired) electrons.